The quantitative estimate of drug-likeness (QED) is 0.786. The second-order valence-corrected chi connectivity index (χ2v) is 10.1. The lowest BCUT2D eigenvalue weighted by Crippen LogP contribution is -2.56. The van der Waals surface area contributed by atoms with E-state index >= 15 is 0 Å². The third-order valence-electron chi connectivity index (χ3n) is 7.73. The van der Waals surface area contributed by atoms with Crippen LogP contribution in [0.25, 0.3) is 0 Å². The van der Waals surface area contributed by atoms with E-state index in [4.69, 9.17) is 16.3 Å². The predicted molar refractivity (Wildman–Crippen MR) is 112 cm³/mol. The summed E-state index contributed by atoms with van der Waals surface area (Å²) in [5.74, 6) is 2.83. The van der Waals surface area contributed by atoms with Gasteiger partial charge in [0.05, 0.1) is 18.2 Å². The molecule has 156 valence electrons. The second-order valence-electron chi connectivity index (χ2n) is 9.69. The van der Waals surface area contributed by atoms with Crippen LogP contribution in [0.15, 0.2) is 18.2 Å². The number of anilines is 1. The third kappa shape index (κ3) is 3.31. The Morgan fingerprint density at radius 1 is 1.14 bits per heavy atom. The first-order chi connectivity index (χ1) is 14.0. The van der Waals surface area contributed by atoms with Gasteiger partial charge in [-0.05, 0) is 87.3 Å². The van der Waals surface area contributed by atoms with Crippen LogP contribution in [0.2, 0.25) is 5.02 Å². The molecule has 4 saturated carbocycles. The molecule has 5 nitrogen and oxygen atoms in total. The summed E-state index contributed by atoms with van der Waals surface area (Å²) in [5.41, 5.74) is 0.352. The van der Waals surface area contributed by atoms with Crippen LogP contribution in [0.4, 0.5) is 5.69 Å². The molecule has 1 atom stereocenters. The van der Waals surface area contributed by atoms with Crippen LogP contribution in [0.3, 0.4) is 0 Å². The van der Waals surface area contributed by atoms with E-state index < -0.39 is 6.04 Å². The van der Waals surface area contributed by atoms with E-state index in [9.17, 15) is 9.59 Å². The number of carbonyl (C=O) groups excluding carboxylic acids is 2. The summed E-state index contributed by atoms with van der Waals surface area (Å²) in [6, 6.07) is 4.76. The molecule has 0 aromatic heterocycles. The predicted octanol–water partition coefficient (Wildman–Crippen LogP) is 4.49. The van der Waals surface area contributed by atoms with Crippen molar-refractivity contribution in [3.05, 3.63) is 23.2 Å². The maximum absolute atomic E-state index is 13.7. The number of carbonyl (C=O) groups is 2. The Morgan fingerprint density at radius 2 is 1.79 bits per heavy atom. The number of ether oxygens (including phenoxy) is 1. The van der Waals surface area contributed by atoms with Crippen molar-refractivity contribution >= 4 is 29.1 Å². The molecule has 1 N–H and O–H groups in total. The Balaban J connectivity index is 1.34. The van der Waals surface area contributed by atoms with Gasteiger partial charge < -0.3 is 15.0 Å². The van der Waals surface area contributed by atoms with Crippen molar-refractivity contribution in [3.8, 4) is 5.75 Å². The number of methoxy groups -OCH3 is 1. The molecule has 5 fully saturated rings. The first-order valence-electron chi connectivity index (χ1n) is 10.9. The van der Waals surface area contributed by atoms with Crippen molar-refractivity contribution in [1.29, 1.82) is 0 Å². The molecule has 4 bridgehead atoms. The number of rotatable bonds is 4. The Kier molecular flexibility index (Phi) is 4.77. The average molecular weight is 417 g/mol. The Morgan fingerprint density at radius 3 is 2.41 bits per heavy atom. The Labute approximate surface area is 177 Å². The molecule has 1 aliphatic heterocycles. The molecule has 0 spiro atoms. The van der Waals surface area contributed by atoms with Gasteiger partial charge in [0, 0.05) is 11.6 Å². The molecule has 1 saturated heterocycles. The van der Waals surface area contributed by atoms with Crippen LogP contribution in [-0.2, 0) is 9.59 Å². The lowest BCUT2D eigenvalue weighted by atomic mass is 9.49. The van der Waals surface area contributed by atoms with Crippen LogP contribution >= 0.6 is 11.6 Å². The van der Waals surface area contributed by atoms with Crippen LogP contribution in [0.1, 0.15) is 51.4 Å². The molecule has 4 aliphatic carbocycles. The molecular formula is C23H29ClN2O3. The molecule has 5 aliphatic rings. The Bertz CT molecular complexity index is 804. The van der Waals surface area contributed by atoms with Crippen molar-refractivity contribution in [2.45, 2.75) is 57.4 Å². The van der Waals surface area contributed by atoms with Crippen molar-refractivity contribution in [2.75, 3.05) is 19.0 Å². The van der Waals surface area contributed by atoms with Gasteiger partial charge in [-0.3, -0.25) is 9.59 Å². The molecule has 1 aromatic carbocycles. The van der Waals surface area contributed by atoms with Gasteiger partial charge in [-0.25, -0.2) is 0 Å². The van der Waals surface area contributed by atoms with Gasteiger partial charge >= 0.3 is 0 Å². The van der Waals surface area contributed by atoms with E-state index in [1.54, 1.807) is 25.3 Å². The fourth-order valence-corrected chi connectivity index (χ4v) is 7.13. The summed E-state index contributed by atoms with van der Waals surface area (Å²) >= 11 is 6.10. The maximum atomic E-state index is 13.7. The van der Waals surface area contributed by atoms with Gasteiger partial charge in [0.25, 0.3) is 0 Å². The number of nitrogens with zero attached hydrogens (tertiary/aromatic N) is 1. The zero-order valence-electron chi connectivity index (χ0n) is 17.0. The fourth-order valence-electron chi connectivity index (χ4n) is 6.95. The first-order valence-corrected chi connectivity index (χ1v) is 11.3. The van der Waals surface area contributed by atoms with E-state index in [0.717, 1.165) is 43.4 Å². The number of nitrogens with one attached hydrogen (secondary N) is 1. The topological polar surface area (TPSA) is 58.6 Å². The fraction of sp³-hybridized carbons (Fsp3) is 0.652. The van der Waals surface area contributed by atoms with Crippen molar-refractivity contribution < 1.29 is 14.3 Å². The van der Waals surface area contributed by atoms with Crippen LogP contribution in [0.5, 0.6) is 5.75 Å². The van der Waals surface area contributed by atoms with Gasteiger partial charge in [-0.2, -0.15) is 0 Å². The average Bonchev–Trinajstić information content (AvgIpc) is 3.16. The van der Waals surface area contributed by atoms with Crippen molar-refractivity contribution in [3.63, 3.8) is 0 Å². The molecular weight excluding hydrogens is 388 g/mol. The number of halogens is 1. The summed E-state index contributed by atoms with van der Waals surface area (Å²) in [7, 11) is 1.57. The second kappa shape index (κ2) is 7.19. The third-order valence-corrected chi connectivity index (χ3v) is 7.96. The zero-order valence-corrected chi connectivity index (χ0v) is 17.7. The van der Waals surface area contributed by atoms with Gasteiger partial charge in [0.15, 0.2) is 0 Å². The monoisotopic (exact) mass is 416 g/mol. The van der Waals surface area contributed by atoms with Gasteiger partial charge in [-0.1, -0.05) is 11.6 Å². The summed E-state index contributed by atoms with van der Waals surface area (Å²) < 4.78 is 5.35. The Hall–Kier alpha value is -1.75. The minimum absolute atomic E-state index is 0.138. The number of hydrogen-bond donors (Lipinski definition) is 1. The van der Waals surface area contributed by atoms with Crippen LogP contribution in [0, 0.1) is 23.2 Å². The minimum Gasteiger partial charge on any atom is -0.495 e. The lowest BCUT2D eigenvalue weighted by Gasteiger charge is -2.56. The van der Waals surface area contributed by atoms with Crippen molar-refractivity contribution in [1.82, 2.24) is 4.90 Å². The van der Waals surface area contributed by atoms with E-state index in [0.29, 0.717) is 29.4 Å². The molecule has 0 radical (unpaired) electrons. The SMILES string of the molecule is COc1ccc(Cl)cc1NC(=O)C1CCCN1C(=O)C12CC3CC(CC(C3)C1)C2. The standard InChI is InChI=1S/C23H29ClN2O3/c1-29-20-5-4-17(24)10-18(20)25-21(27)19-3-2-6-26(19)22(28)23-11-14-7-15(12-23)9-16(8-14)13-23/h4-5,10,14-16,19H,2-3,6-9,11-13H2,1H3,(H,25,27). The first kappa shape index (κ1) is 19.2. The molecule has 1 unspecified atom stereocenters. The normalized spacial score (nSPS) is 35.0. The maximum Gasteiger partial charge on any atom is 0.247 e. The summed E-state index contributed by atoms with van der Waals surface area (Å²) in [4.78, 5) is 28.8. The van der Waals surface area contributed by atoms with Crippen LogP contribution in [-0.4, -0.2) is 36.4 Å². The summed E-state index contributed by atoms with van der Waals surface area (Å²) in [6.45, 7) is 0.686. The van der Waals surface area contributed by atoms with Gasteiger partial charge in [0.2, 0.25) is 11.8 Å². The highest BCUT2D eigenvalue weighted by atomic mass is 35.5. The largest absolute Gasteiger partial charge is 0.495 e. The highest BCUT2D eigenvalue weighted by Crippen LogP contribution is 2.60. The van der Waals surface area contributed by atoms with E-state index in [1.807, 2.05) is 4.90 Å². The smallest absolute Gasteiger partial charge is 0.247 e. The lowest BCUT2D eigenvalue weighted by molar-refractivity contribution is -0.160. The van der Waals surface area contributed by atoms with E-state index in [2.05, 4.69) is 5.32 Å². The van der Waals surface area contributed by atoms with Crippen LogP contribution < -0.4 is 10.1 Å². The molecule has 6 heteroatoms. The number of likely N-dealkylation sites (tertiary alicyclic amines) is 1. The van der Waals surface area contributed by atoms with Crippen molar-refractivity contribution in [2.24, 2.45) is 23.2 Å². The minimum atomic E-state index is -0.404. The number of amides is 2. The molecule has 29 heavy (non-hydrogen) atoms. The number of hydrogen-bond acceptors (Lipinski definition) is 3. The van der Waals surface area contributed by atoms with Gasteiger partial charge in [0.1, 0.15) is 11.8 Å². The van der Waals surface area contributed by atoms with E-state index in [-0.39, 0.29) is 17.2 Å². The summed E-state index contributed by atoms with van der Waals surface area (Å²) in [5, 5.41) is 3.50. The number of benzene rings is 1. The summed E-state index contributed by atoms with van der Waals surface area (Å²) in [6.07, 6.45) is 8.62. The molecule has 6 rings (SSSR count). The zero-order chi connectivity index (χ0) is 20.2. The molecule has 1 aromatic rings. The highest BCUT2D eigenvalue weighted by molar-refractivity contribution is 6.31. The molecule has 2 amide bonds. The van der Waals surface area contributed by atoms with Gasteiger partial charge in [-0.15, -0.1) is 0 Å². The van der Waals surface area contributed by atoms with E-state index in [1.165, 1.54) is 19.3 Å². The molecule has 1 heterocycles. The highest BCUT2D eigenvalue weighted by Gasteiger charge is 2.56.